The molecular formula is C20H24N4OS. The Morgan fingerprint density at radius 1 is 1.08 bits per heavy atom. The largest absolute Gasteiger partial charge is 0.381 e. The number of rotatable bonds is 4. The molecule has 0 saturated carbocycles. The van der Waals surface area contributed by atoms with Crippen LogP contribution >= 0.6 is 11.8 Å². The smallest absolute Gasteiger partial charge is 0.227 e. The summed E-state index contributed by atoms with van der Waals surface area (Å²) in [5, 5.41) is 3.69. The third kappa shape index (κ3) is 3.16. The van der Waals surface area contributed by atoms with E-state index in [0.717, 1.165) is 63.1 Å². The third-order valence-corrected chi connectivity index (χ3v) is 6.63. The normalized spacial score (nSPS) is 20.7. The second-order valence-corrected chi connectivity index (χ2v) is 8.40. The van der Waals surface area contributed by atoms with Crippen LogP contribution in [0.4, 0.5) is 11.8 Å². The first-order valence-electron chi connectivity index (χ1n) is 9.55. The lowest BCUT2D eigenvalue weighted by Gasteiger charge is -2.40. The number of benzene rings is 1. The standard InChI is InChI=1S/C20H24N4OS/c1-2-4-14(5-3-1)15-12-24(13-15)20-22-17-8-11-26-18(17)19(23-20)21-16-6-9-25-10-7-16/h1-5,15-16H,6-13H2,(H,21,22,23). The van der Waals surface area contributed by atoms with Crippen molar-refractivity contribution in [3.8, 4) is 0 Å². The van der Waals surface area contributed by atoms with E-state index in [-0.39, 0.29) is 0 Å². The molecule has 3 aliphatic rings. The summed E-state index contributed by atoms with van der Waals surface area (Å²) in [5.41, 5.74) is 2.64. The Balaban J connectivity index is 1.34. The Morgan fingerprint density at radius 2 is 1.88 bits per heavy atom. The highest BCUT2D eigenvalue weighted by atomic mass is 32.2. The molecule has 1 aromatic heterocycles. The number of nitrogens with one attached hydrogen (secondary N) is 1. The first kappa shape index (κ1) is 16.4. The van der Waals surface area contributed by atoms with Gasteiger partial charge in [0.2, 0.25) is 5.95 Å². The van der Waals surface area contributed by atoms with Crippen LogP contribution in [-0.4, -0.2) is 48.1 Å². The number of hydrogen-bond acceptors (Lipinski definition) is 6. The van der Waals surface area contributed by atoms with Gasteiger partial charge in [0.25, 0.3) is 0 Å². The molecule has 2 fully saturated rings. The first-order chi connectivity index (χ1) is 12.9. The van der Waals surface area contributed by atoms with Crippen LogP contribution in [-0.2, 0) is 11.2 Å². The molecule has 5 rings (SSSR count). The van der Waals surface area contributed by atoms with Crippen LogP contribution in [0.2, 0.25) is 0 Å². The molecule has 0 amide bonds. The zero-order chi connectivity index (χ0) is 17.3. The van der Waals surface area contributed by atoms with Crippen molar-refractivity contribution in [2.24, 2.45) is 0 Å². The lowest BCUT2D eigenvalue weighted by atomic mass is 9.92. The minimum absolute atomic E-state index is 0.463. The van der Waals surface area contributed by atoms with Gasteiger partial charge >= 0.3 is 0 Å². The van der Waals surface area contributed by atoms with E-state index in [1.165, 1.54) is 16.2 Å². The highest BCUT2D eigenvalue weighted by Gasteiger charge is 2.32. The zero-order valence-corrected chi connectivity index (χ0v) is 15.7. The average molecular weight is 369 g/mol. The van der Waals surface area contributed by atoms with Gasteiger partial charge in [-0.15, -0.1) is 11.8 Å². The molecule has 5 nitrogen and oxygen atoms in total. The van der Waals surface area contributed by atoms with Gasteiger partial charge in [0.1, 0.15) is 5.82 Å². The van der Waals surface area contributed by atoms with Crippen LogP contribution in [0, 0.1) is 0 Å². The van der Waals surface area contributed by atoms with E-state index in [4.69, 9.17) is 14.7 Å². The maximum atomic E-state index is 5.49. The Labute approximate surface area is 158 Å². The zero-order valence-electron chi connectivity index (χ0n) is 14.9. The van der Waals surface area contributed by atoms with Gasteiger partial charge in [-0.25, -0.2) is 4.98 Å². The monoisotopic (exact) mass is 368 g/mol. The summed E-state index contributed by atoms with van der Waals surface area (Å²) < 4.78 is 5.49. The number of anilines is 2. The molecule has 6 heteroatoms. The summed E-state index contributed by atoms with van der Waals surface area (Å²) in [6.45, 7) is 3.70. The van der Waals surface area contributed by atoms with E-state index in [9.17, 15) is 0 Å². The van der Waals surface area contributed by atoms with Crippen LogP contribution in [0.5, 0.6) is 0 Å². The molecule has 2 saturated heterocycles. The molecule has 0 spiro atoms. The molecule has 136 valence electrons. The average Bonchev–Trinajstić information content (AvgIpc) is 3.11. The van der Waals surface area contributed by atoms with Crippen LogP contribution < -0.4 is 10.2 Å². The number of hydrogen-bond donors (Lipinski definition) is 1. The molecule has 1 aromatic carbocycles. The predicted molar refractivity (Wildman–Crippen MR) is 105 cm³/mol. The number of nitrogens with zero attached hydrogens (tertiary/aromatic N) is 3. The molecule has 0 radical (unpaired) electrons. The van der Waals surface area contributed by atoms with E-state index in [1.807, 2.05) is 11.8 Å². The van der Waals surface area contributed by atoms with Crippen molar-refractivity contribution in [1.29, 1.82) is 0 Å². The molecule has 0 bridgehead atoms. The Hall–Kier alpha value is -1.79. The summed E-state index contributed by atoms with van der Waals surface area (Å²) in [7, 11) is 0. The van der Waals surface area contributed by atoms with Crippen molar-refractivity contribution in [2.75, 3.05) is 42.3 Å². The number of aryl methyl sites for hydroxylation is 1. The fraction of sp³-hybridized carbons (Fsp3) is 0.500. The number of aromatic nitrogens is 2. The van der Waals surface area contributed by atoms with Gasteiger partial charge < -0.3 is 15.0 Å². The quantitative estimate of drug-likeness (QED) is 0.893. The van der Waals surface area contributed by atoms with Crippen molar-refractivity contribution < 1.29 is 4.74 Å². The first-order valence-corrected chi connectivity index (χ1v) is 10.5. The minimum atomic E-state index is 0.463. The Kier molecular flexibility index (Phi) is 4.46. The summed E-state index contributed by atoms with van der Waals surface area (Å²) in [6.07, 6.45) is 3.16. The SMILES string of the molecule is c1ccc(C2CN(c3nc4c(c(NC5CCOCC5)n3)SCC4)C2)cc1. The maximum absolute atomic E-state index is 5.49. The molecule has 0 aliphatic carbocycles. The Morgan fingerprint density at radius 3 is 2.69 bits per heavy atom. The third-order valence-electron chi connectivity index (χ3n) is 5.51. The molecule has 1 N–H and O–H groups in total. The van der Waals surface area contributed by atoms with Crippen molar-refractivity contribution in [1.82, 2.24) is 9.97 Å². The van der Waals surface area contributed by atoms with Gasteiger partial charge in [0.05, 0.1) is 10.6 Å². The molecule has 3 aliphatic heterocycles. The van der Waals surface area contributed by atoms with Gasteiger partial charge in [-0.3, -0.25) is 0 Å². The van der Waals surface area contributed by atoms with Crippen LogP contribution in [0.1, 0.15) is 30.0 Å². The van der Waals surface area contributed by atoms with Crippen molar-refractivity contribution in [2.45, 2.75) is 36.1 Å². The fourth-order valence-electron chi connectivity index (χ4n) is 3.91. The lowest BCUT2D eigenvalue weighted by Crippen LogP contribution is -2.46. The van der Waals surface area contributed by atoms with Crippen molar-refractivity contribution >= 4 is 23.5 Å². The summed E-state index contributed by atoms with van der Waals surface area (Å²) in [5.74, 6) is 3.65. The van der Waals surface area contributed by atoms with Gasteiger partial charge in [0.15, 0.2) is 0 Å². The molecule has 0 unspecified atom stereocenters. The lowest BCUT2D eigenvalue weighted by molar-refractivity contribution is 0.0903. The van der Waals surface area contributed by atoms with E-state index >= 15 is 0 Å². The molecule has 0 atom stereocenters. The predicted octanol–water partition coefficient (Wildman–Crippen LogP) is 3.32. The maximum Gasteiger partial charge on any atom is 0.227 e. The molecule has 4 heterocycles. The molecule has 26 heavy (non-hydrogen) atoms. The second kappa shape index (κ2) is 7.08. The summed E-state index contributed by atoms with van der Waals surface area (Å²) in [4.78, 5) is 13.4. The minimum Gasteiger partial charge on any atom is -0.381 e. The number of ether oxygens (including phenoxy) is 1. The summed E-state index contributed by atoms with van der Waals surface area (Å²) in [6, 6.07) is 11.2. The van der Waals surface area contributed by atoms with Crippen LogP contribution in [0.25, 0.3) is 0 Å². The topological polar surface area (TPSA) is 50.3 Å². The van der Waals surface area contributed by atoms with E-state index < -0.39 is 0 Å². The Bertz CT molecular complexity index is 773. The van der Waals surface area contributed by atoms with Gasteiger partial charge in [0, 0.05) is 50.4 Å². The molecule has 2 aromatic rings. The van der Waals surface area contributed by atoms with E-state index in [0.29, 0.717) is 12.0 Å². The summed E-state index contributed by atoms with van der Waals surface area (Å²) >= 11 is 1.89. The van der Waals surface area contributed by atoms with Crippen molar-refractivity contribution in [3.05, 3.63) is 41.6 Å². The van der Waals surface area contributed by atoms with Crippen LogP contribution in [0.3, 0.4) is 0 Å². The highest BCUT2D eigenvalue weighted by Crippen LogP contribution is 2.39. The second-order valence-electron chi connectivity index (χ2n) is 7.29. The van der Waals surface area contributed by atoms with Gasteiger partial charge in [-0.05, 0) is 18.4 Å². The molecular weight excluding hydrogens is 344 g/mol. The van der Waals surface area contributed by atoms with Gasteiger partial charge in [-0.2, -0.15) is 4.98 Å². The van der Waals surface area contributed by atoms with E-state index in [1.54, 1.807) is 0 Å². The number of fused-ring (bicyclic) bond motifs is 1. The van der Waals surface area contributed by atoms with Crippen LogP contribution in [0.15, 0.2) is 35.2 Å². The fourth-order valence-corrected chi connectivity index (χ4v) is 4.96. The highest BCUT2D eigenvalue weighted by molar-refractivity contribution is 7.99. The van der Waals surface area contributed by atoms with E-state index in [2.05, 4.69) is 40.5 Å². The number of thioether (sulfide) groups is 1. The van der Waals surface area contributed by atoms with Gasteiger partial charge in [-0.1, -0.05) is 30.3 Å². The van der Waals surface area contributed by atoms with Crippen molar-refractivity contribution in [3.63, 3.8) is 0 Å².